The van der Waals surface area contributed by atoms with Crippen LogP contribution < -0.4 is 5.73 Å². The number of hydrogen-bond donors (Lipinski definition) is 1. The Morgan fingerprint density at radius 1 is 1.26 bits per heavy atom. The van der Waals surface area contributed by atoms with Crippen LogP contribution in [-0.2, 0) is 4.74 Å². The first kappa shape index (κ1) is 14.9. The summed E-state index contributed by atoms with van der Waals surface area (Å²) in [6.07, 6.45) is 2.66. The first-order valence-corrected chi connectivity index (χ1v) is 8.10. The zero-order valence-corrected chi connectivity index (χ0v) is 12.8. The van der Waals surface area contributed by atoms with Crippen LogP contribution in [0, 0.1) is 0 Å². The number of nitrogens with zero attached hydrogens (tertiary/aromatic N) is 1. The van der Waals surface area contributed by atoms with Crippen molar-refractivity contribution in [3.05, 3.63) is 29.8 Å². The normalized spacial score (nSPS) is 26.3. The van der Waals surface area contributed by atoms with E-state index in [1.54, 1.807) is 11.8 Å². The highest BCUT2D eigenvalue weighted by Gasteiger charge is 2.28. The first-order chi connectivity index (χ1) is 9.13. The number of morpholine rings is 1. The molecule has 0 aromatic heterocycles. The Morgan fingerprint density at radius 2 is 1.84 bits per heavy atom. The molecule has 2 N–H and O–H groups in total. The standard InChI is InChI=1S/C15H24N2OS/c1-11-9-17(10-12(2)18-11)15(8-16)13-4-6-14(19-3)7-5-13/h4-7,11-12,15H,8-10,16H2,1-3H3. The third-order valence-electron chi connectivity index (χ3n) is 3.61. The molecule has 19 heavy (non-hydrogen) atoms. The van der Waals surface area contributed by atoms with Crippen molar-refractivity contribution >= 4 is 11.8 Å². The molecule has 0 amide bonds. The molecule has 2 rings (SSSR count). The van der Waals surface area contributed by atoms with Crippen LogP contribution in [0.2, 0.25) is 0 Å². The molecule has 3 unspecified atom stereocenters. The molecule has 0 saturated carbocycles. The number of rotatable bonds is 4. The number of benzene rings is 1. The van der Waals surface area contributed by atoms with Gasteiger partial charge in [-0.05, 0) is 37.8 Å². The maximum atomic E-state index is 6.01. The first-order valence-electron chi connectivity index (χ1n) is 6.87. The lowest BCUT2D eigenvalue weighted by atomic mass is 10.0. The lowest BCUT2D eigenvalue weighted by Gasteiger charge is -2.40. The van der Waals surface area contributed by atoms with Crippen molar-refractivity contribution in [2.45, 2.75) is 37.0 Å². The minimum Gasteiger partial charge on any atom is -0.373 e. The molecule has 1 aliphatic heterocycles. The topological polar surface area (TPSA) is 38.5 Å². The van der Waals surface area contributed by atoms with Gasteiger partial charge in [-0.2, -0.15) is 0 Å². The lowest BCUT2D eigenvalue weighted by Crippen LogP contribution is -2.48. The molecule has 1 aliphatic rings. The second-order valence-electron chi connectivity index (χ2n) is 5.24. The highest BCUT2D eigenvalue weighted by atomic mass is 32.2. The third kappa shape index (κ3) is 3.72. The summed E-state index contributed by atoms with van der Waals surface area (Å²) in [7, 11) is 0. The van der Waals surface area contributed by atoms with E-state index < -0.39 is 0 Å². The van der Waals surface area contributed by atoms with E-state index in [9.17, 15) is 0 Å². The van der Waals surface area contributed by atoms with Crippen LogP contribution in [0.25, 0.3) is 0 Å². The highest BCUT2D eigenvalue weighted by Crippen LogP contribution is 2.25. The van der Waals surface area contributed by atoms with Crippen molar-refractivity contribution < 1.29 is 4.74 Å². The average molecular weight is 280 g/mol. The summed E-state index contributed by atoms with van der Waals surface area (Å²) in [4.78, 5) is 3.75. The van der Waals surface area contributed by atoms with Gasteiger partial charge in [0.15, 0.2) is 0 Å². The van der Waals surface area contributed by atoms with Crippen LogP contribution in [0.15, 0.2) is 29.2 Å². The Labute approximate surface area is 120 Å². The SMILES string of the molecule is CSc1ccc(C(CN)N2CC(C)OC(C)C2)cc1. The van der Waals surface area contributed by atoms with E-state index >= 15 is 0 Å². The zero-order valence-electron chi connectivity index (χ0n) is 12.0. The van der Waals surface area contributed by atoms with Gasteiger partial charge in [0.2, 0.25) is 0 Å². The fourth-order valence-electron chi connectivity index (χ4n) is 2.79. The smallest absolute Gasteiger partial charge is 0.0678 e. The summed E-state index contributed by atoms with van der Waals surface area (Å²) in [6, 6.07) is 9.05. The molecule has 1 fully saturated rings. The average Bonchev–Trinajstić information content (AvgIpc) is 2.39. The van der Waals surface area contributed by atoms with Crippen LogP contribution in [0.1, 0.15) is 25.5 Å². The van der Waals surface area contributed by atoms with E-state index in [0.29, 0.717) is 12.6 Å². The van der Waals surface area contributed by atoms with Crippen LogP contribution in [0.3, 0.4) is 0 Å². The molecule has 0 bridgehead atoms. The van der Waals surface area contributed by atoms with E-state index in [0.717, 1.165) is 13.1 Å². The van der Waals surface area contributed by atoms with E-state index in [2.05, 4.69) is 49.3 Å². The van der Waals surface area contributed by atoms with Gasteiger partial charge in [0.05, 0.1) is 12.2 Å². The fourth-order valence-corrected chi connectivity index (χ4v) is 3.20. The van der Waals surface area contributed by atoms with E-state index in [1.807, 2.05) is 0 Å². The van der Waals surface area contributed by atoms with Crippen LogP contribution in [0.5, 0.6) is 0 Å². The Kier molecular flexibility index (Phi) is 5.28. The summed E-state index contributed by atoms with van der Waals surface area (Å²) >= 11 is 1.77. The van der Waals surface area contributed by atoms with Crippen molar-refractivity contribution in [1.29, 1.82) is 0 Å². The second-order valence-corrected chi connectivity index (χ2v) is 6.12. The van der Waals surface area contributed by atoms with Gasteiger partial charge >= 0.3 is 0 Å². The van der Waals surface area contributed by atoms with Crippen LogP contribution >= 0.6 is 11.8 Å². The molecular formula is C15H24N2OS. The molecule has 0 spiro atoms. The van der Waals surface area contributed by atoms with Crippen LogP contribution in [0.4, 0.5) is 0 Å². The molecule has 106 valence electrons. The van der Waals surface area contributed by atoms with Gasteiger partial charge in [-0.3, -0.25) is 4.90 Å². The maximum Gasteiger partial charge on any atom is 0.0678 e. The van der Waals surface area contributed by atoms with Gasteiger partial charge in [0.1, 0.15) is 0 Å². The Hall–Kier alpha value is -0.550. The van der Waals surface area contributed by atoms with Crippen molar-refractivity contribution in [3.8, 4) is 0 Å². The molecule has 3 nitrogen and oxygen atoms in total. The Balaban J connectivity index is 2.13. The van der Waals surface area contributed by atoms with Crippen LogP contribution in [-0.4, -0.2) is 43.0 Å². The molecule has 1 saturated heterocycles. The van der Waals surface area contributed by atoms with E-state index in [-0.39, 0.29) is 12.2 Å². The van der Waals surface area contributed by atoms with Gasteiger partial charge in [-0.15, -0.1) is 11.8 Å². The van der Waals surface area contributed by atoms with Gasteiger partial charge in [0, 0.05) is 30.6 Å². The van der Waals surface area contributed by atoms with E-state index in [1.165, 1.54) is 10.5 Å². The predicted octanol–water partition coefficient (Wildman–Crippen LogP) is 2.52. The number of thioether (sulfide) groups is 1. The van der Waals surface area contributed by atoms with Crippen molar-refractivity contribution in [3.63, 3.8) is 0 Å². The van der Waals surface area contributed by atoms with Crippen molar-refractivity contribution in [2.24, 2.45) is 5.73 Å². The Morgan fingerprint density at radius 3 is 2.32 bits per heavy atom. The minimum absolute atomic E-state index is 0.281. The molecule has 4 heteroatoms. The van der Waals surface area contributed by atoms with Gasteiger partial charge in [0.25, 0.3) is 0 Å². The summed E-state index contributed by atoms with van der Waals surface area (Å²) in [6.45, 7) is 6.82. The summed E-state index contributed by atoms with van der Waals surface area (Å²) in [5, 5.41) is 0. The Bertz CT molecular complexity index is 386. The maximum absolute atomic E-state index is 6.01. The van der Waals surface area contributed by atoms with Gasteiger partial charge in [-0.1, -0.05) is 12.1 Å². The van der Waals surface area contributed by atoms with Crippen molar-refractivity contribution in [1.82, 2.24) is 4.90 Å². The molecule has 1 aromatic rings. The third-order valence-corrected chi connectivity index (χ3v) is 4.36. The number of nitrogens with two attached hydrogens (primary N) is 1. The second kappa shape index (κ2) is 6.75. The molecule has 0 radical (unpaired) electrons. The van der Waals surface area contributed by atoms with Gasteiger partial charge < -0.3 is 10.5 Å². The predicted molar refractivity (Wildman–Crippen MR) is 81.6 cm³/mol. The molecule has 0 aliphatic carbocycles. The monoisotopic (exact) mass is 280 g/mol. The quantitative estimate of drug-likeness (QED) is 0.860. The zero-order chi connectivity index (χ0) is 13.8. The molecular weight excluding hydrogens is 256 g/mol. The summed E-state index contributed by atoms with van der Waals surface area (Å²) < 4.78 is 5.80. The minimum atomic E-state index is 0.281. The summed E-state index contributed by atoms with van der Waals surface area (Å²) in [5.74, 6) is 0. The lowest BCUT2D eigenvalue weighted by molar-refractivity contribution is -0.0799. The van der Waals surface area contributed by atoms with E-state index in [4.69, 9.17) is 10.5 Å². The molecule has 1 heterocycles. The van der Waals surface area contributed by atoms with Crippen molar-refractivity contribution in [2.75, 3.05) is 25.9 Å². The number of hydrogen-bond acceptors (Lipinski definition) is 4. The number of ether oxygens (including phenoxy) is 1. The molecule has 1 aromatic carbocycles. The van der Waals surface area contributed by atoms with Gasteiger partial charge in [-0.25, -0.2) is 0 Å². The fraction of sp³-hybridized carbons (Fsp3) is 0.600. The summed E-state index contributed by atoms with van der Waals surface area (Å²) in [5.41, 5.74) is 7.32. The highest BCUT2D eigenvalue weighted by molar-refractivity contribution is 7.98. The molecule has 3 atom stereocenters. The largest absolute Gasteiger partial charge is 0.373 e.